The third-order valence-corrected chi connectivity index (χ3v) is 4.52. The second-order valence-corrected chi connectivity index (χ2v) is 6.37. The highest BCUT2D eigenvalue weighted by molar-refractivity contribution is 6.33. The van der Waals surface area contributed by atoms with Gasteiger partial charge in [-0.2, -0.15) is 0 Å². The van der Waals surface area contributed by atoms with Gasteiger partial charge in [-0.25, -0.2) is 0 Å². The summed E-state index contributed by atoms with van der Waals surface area (Å²) in [6.07, 6.45) is 0. The predicted molar refractivity (Wildman–Crippen MR) is 92.9 cm³/mol. The van der Waals surface area contributed by atoms with E-state index in [1.807, 2.05) is 25.1 Å². The van der Waals surface area contributed by atoms with E-state index in [1.165, 1.54) is 5.56 Å². The van der Waals surface area contributed by atoms with Gasteiger partial charge in [-0.1, -0.05) is 47.8 Å². The Balaban J connectivity index is 2.58. The first kappa shape index (κ1) is 16.6. The zero-order valence-corrected chi connectivity index (χ0v) is 14.6. The molecule has 1 atom stereocenters. The van der Waals surface area contributed by atoms with Crippen molar-refractivity contribution in [2.75, 3.05) is 6.54 Å². The third-order valence-electron chi connectivity index (χ3n) is 3.54. The van der Waals surface area contributed by atoms with E-state index >= 15 is 0 Å². The molecule has 1 N–H and O–H groups in total. The lowest BCUT2D eigenvalue weighted by atomic mass is 9.93. The molecule has 2 rings (SSSR count). The number of nitrogens with one attached hydrogen (secondary N) is 1. The van der Waals surface area contributed by atoms with E-state index in [2.05, 4.69) is 25.2 Å². The quantitative estimate of drug-likeness (QED) is 0.722. The van der Waals surface area contributed by atoms with Crippen LogP contribution < -0.4 is 5.32 Å². The normalized spacial score (nSPS) is 12.5. The molecule has 0 aliphatic heterocycles. The van der Waals surface area contributed by atoms with Gasteiger partial charge in [-0.3, -0.25) is 0 Å². The maximum atomic E-state index is 6.38. The molecule has 0 radical (unpaired) electrons. The van der Waals surface area contributed by atoms with E-state index in [-0.39, 0.29) is 6.04 Å². The number of halogens is 3. The Morgan fingerprint density at radius 3 is 2.29 bits per heavy atom. The molecule has 1 unspecified atom stereocenters. The van der Waals surface area contributed by atoms with Crippen LogP contribution in [-0.4, -0.2) is 6.54 Å². The average molecular weight is 343 g/mol. The Bertz CT molecular complexity index is 653. The van der Waals surface area contributed by atoms with Gasteiger partial charge in [-0.05, 0) is 66.9 Å². The van der Waals surface area contributed by atoms with Gasteiger partial charge in [0, 0.05) is 15.1 Å². The Morgan fingerprint density at radius 1 is 0.905 bits per heavy atom. The second-order valence-electron chi connectivity index (χ2n) is 5.11. The molecule has 0 bridgehead atoms. The number of benzene rings is 2. The van der Waals surface area contributed by atoms with Crippen molar-refractivity contribution in [1.82, 2.24) is 5.32 Å². The molecule has 0 amide bonds. The van der Waals surface area contributed by atoms with Crippen LogP contribution in [0.2, 0.25) is 15.1 Å². The molecule has 2 aromatic carbocycles. The predicted octanol–water partition coefficient (Wildman–Crippen LogP) is 5.96. The highest BCUT2D eigenvalue weighted by Crippen LogP contribution is 2.34. The van der Waals surface area contributed by atoms with Gasteiger partial charge in [0.15, 0.2) is 0 Å². The molecule has 1 nitrogen and oxygen atoms in total. The van der Waals surface area contributed by atoms with Gasteiger partial charge >= 0.3 is 0 Å². The smallest absolute Gasteiger partial charge is 0.0594 e. The molecule has 0 heterocycles. The number of hydrogen-bond acceptors (Lipinski definition) is 1. The van der Waals surface area contributed by atoms with Crippen molar-refractivity contribution in [2.24, 2.45) is 0 Å². The second kappa shape index (κ2) is 7.02. The molecular formula is C17H18Cl3N. The number of hydrogen-bond donors (Lipinski definition) is 1. The van der Waals surface area contributed by atoms with E-state index < -0.39 is 0 Å². The van der Waals surface area contributed by atoms with Crippen molar-refractivity contribution in [3.05, 3.63) is 67.7 Å². The summed E-state index contributed by atoms with van der Waals surface area (Å²) in [5.41, 5.74) is 4.34. The van der Waals surface area contributed by atoms with Crippen LogP contribution in [-0.2, 0) is 0 Å². The summed E-state index contributed by atoms with van der Waals surface area (Å²) in [5, 5.41) is 5.65. The lowest BCUT2D eigenvalue weighted by molar-refractivity contribution is 0.627. The minimum atomic E-state index is -0.00262. The van der Waals surface area contributed by atoms with Crippen LogP contribution in [0.1, 0.15) is 35.2 Å². The van der Waals surface area contributed by atoms with Crippen molar-refractivity contribution in [1.29, 1.82) is 0 Å². The van der Waals surface area contributed by atoms with Gasteiger partial charge in [0.05, 0.1) is 6.04 Å². The van der Waals surface area contributed by atoms with E-state index in [1.54, 1.807) is 6.07 Å². The van der Waals surface area contributed by atoms with Gasteiger partial charge in [-0.15, -0.1) is 0 Å². The third kappa shape index (κ3) is 3.73. The van der Waals surface area contributed by atoms with Gasteiger partial charge in [0.25, 0.3) is 0 Å². The maximum Gasteiger partial charge on any atom is 0.0594 e. The van der Waals surface area contributed by atoms with Crippen LogP contribution in [0.4, 0.5) is 0 Å². The zero-order chi connectivity index (χ0) is 15.6. The molecule has 2 aromatic rings. The van der Waals surface area contributed by atoms with Crippen molar-refractivity contribution in [3.63, 3.8) is 0 Å². The van der Waals surface area contributed by atoms with Crippen LogP contribution in [0.25, 0.3) is 0 Å². The lowest BCUT2D eigenvalue weighted by Crippen LogP contribution is -2.23. The molecular weight excluding hydrogens is 325 g/mol. The molecule has 0 saturated carbocycles. The van der Waals surface area contributed by atoms with Crippen molar-refractivity contribution < 1.29 is 0 Å². The summed E-state index contributed by atoms with van der Waals surface area (Å²) in [7, 11) is 0. The molecule has 0 fully saturated rings. The molecule has 112 valence electrons. The monoisotopic (exact) mass is 341 g/mol. The van der Waals surface area contributed by atoms with Crippen LogP contribution >= 0.6 is 34.8 Å². The summed E-state index contributed by atoms with van der Waals surface area (Å²) in [6, 6.07) is 9.66. The first-order valence-electron chi connectivity index (χ1n) is 6.89. The minimum absolute atomic E-state index is 0.00262. The van der Waals surface area contributed by atoms with Gasteiger partial charge in [0.2, 0.25) is 0 Å². The Kier molecular flexibility index (Phi) is 5.56. The summed E-state index contributed by atoms with van der Waals surface area (Å²) in [6.45, 7) is 6.97. The van der Waals surface area contributed by atoms with E-state index in [4.69, 9.17) is 34.8 Å². The average Bonchev–Trinajstić information content (AvgIpc) is 2.43. The van der Waals surface area contributed by atoms with Crippen molar-refractivity contribution in [2.45, 2.75) is 26.8 Å². The Morgan fingerprint density at radius 2 is 1.62 bits per heavy atom. The number of rotatable bonds is 4. The van der Waals surface area contributed by atoms with Crippen LogP contribution in [0, 0.1) is 13.8 Å². The van der Waals surface area contributed by atoms with Gasteiger partial charge < -0.3 is 5.32 Å². The van der Waals surface area contributed by atoms with E-state index in [9.17, 15) is 0 Å². The molecule has 0 aromatic heterocycles. The van der Waals surface area contributed by atoms with Crippen LogP contribution in [0.5, 0.6) is 0 Å². The zero-order valence-electron chi connectivity index (χ0n) is 12.3. The van der Waals surface area contributed by atoms with Gasteiger partial charge in [0.1, 0.15) is 0 Å². The molecule has 4 heteroatoms. The van der Waals surface area contributed by atoms with Crippen LogP contribution in [0.15, 0.2) is 30.3 Å². The summed E-state index contributed by atoms with van der Waals surface area (Å²) in [4.78, 5) is 0. The molecule has 0 aliphatic rings. The van der Waals surface area contributed by atoms with E-state index in [0.717, 1.165) is 28.3 Å². The topological polar surface area (TPSA) is 12.0 Å². The summed E-state index contributed by atoms with van der Waals surface area (Å²) < 4.78 is 0. The SMILES string of the molecule is CCNC(c1cc(C)c(Cl)cc1C)c1cc(Cl)ccc1Cl. The first-order valence-corrected chi connectivity index (χ1v) is 8.02. The standard InChI is InChI=1S/C17H18Cl3N/c1-4-21-17(14-9-12(18)5-6-15(14)19)13-7-11(3)16(20)8-10(13)2/h5-9,17,21H,4H2,1-3H3. The van der Waals surface area contributed by atoms with Crippen molar-refractivity contribution >= 4 is 34.8 Å². The minimum Gasteiger partial charge on any atom is -0.306 e. The molecule has 21 heavy (non-hydrogen) atoms. The molecule has 0 spiro atoms. The Hall–Kier alpha value is -0.730. The Labute approximate surface area is 141 Å². The number of aryl methyl sites for hydroxylation is 2. The van der Waals surface area contributed by atoms with Crippen LogP contribution in [0.3, 0.4) is 0 Å². The molecule has 0 saturated heterocycles. The van der Waals surface area contributed by atoms with Crippen molar-refractivity contribution in [3.8, 4) is 0 Å². The largest absolute Gasteiger partial charge is 0.306 e. The fourth-order valence-corrected chi connectivity index (χ4v) is 3.07. The van der Waals surface area contributed by atoms with E-state index in [0.29, 0.717) is 10.0 Å². The summed E-state index contributed by atoms with van der Waals surface area (Å²) in [5.74, 6) is 0. The lowest BCUT2D eigenvalue weighted by Gasteiger charge is -2.23. The molecule has 0 aliphatic carbocycles. The maximum absolute atomic E-state index is 6.38. The summed E-state index contributed by atoms with van der Waals surface area (Å²) >= 11 is 18.7. The fraction of sp³-hybridized carbons (Fsp3) is 0.294. The highest BCUT2D eigenvalue weighted by atomic mass is 35.5. The highest BCUT2D eigenvalue weighted by Gasteiger charge is 2.19. The first-order chi connectivity index (χ1) is 9.93. The fourth-order valence-electron chi connectivity index (χ4n) is 2.44.